The molecule has 0 bridgehead atoms. The Morgan fingerprint density at radius 3 is 2.36 bits per heavy atom. The van der Waals surface area contributed by atoms with E-state index in [0.29, 0.717) is 5.92 Å². The highest BCUT2D eigenvalue weighted by molar-refractivity contribution is 7.87. The van der Waals surface area contributed by atoms with E-state index >= 15 is 0 Å². The maximum Gasteiger partial charge on any atom is 0.0224 e. The van der Waals surface area contributed by atoms with E-state index in [0.717, 1.165) is 5.92 Å². The van der Waals surface area contributed by atoms with Gasteiger partial charge in [-0.25, -0.2) is 0 Å². The van der Waals surface area contributed by atoms with Crippen molar-refractivity contribution in [3.63, 3.8) is 0 Å². The molecule has 0 saturated heterocycles. The summed E-state index contributed by atoms with van der Waals surface area (Å²) in [6, 6.07) is 0. The van der Waals surface area contributed by atoms with Gasteiger partial charge in [-0.15, -0.1) is 11.2 Å². The van der Waals surface area contributed by atoms with Crippen LogP contribution in [0.1, 0.15) is 40.0 Å². The molecule has 66 valence electrons. The summed E-state index contributed by atoms with van der Waals surface area (Å²) in [6.45, 7) is 6.81. The Balaban J connectivity index is 3.87. The van der Waals surface area contributed by atoms with Crippen LogP contribution < -0.4 is 0 Å². The minimum Gasteiger partial charge on any atom is -0.138 e. The van der Waals surface area contributed by atoms with Crippen molar-refractivity contribution in [1.82, 2.24) is 0 Å². The Morgan fingerprint density at radius 1 is 1.36 bits per heavy atom. The molecule has 0 heterocycles. The van der Waals surface area contributed by atoms with Gasteiger partial charge >= 0.3 is 0 Å². The van der Waals surface area contributed by atoms with E-state index in [2.05, 4.69) is 32.2 Å². The van der Waals surface area contributed by atoms with Crippen LogP contribution in [0.4, 0.5) is 0 Å². The first-order valence-electron chi connectivity index (χ1n) is 4.54. The minimum absolute atomic E-state index is 0.662. The van der Waals surface area contributed by atoms with E-state index in [1.807, 2.05) is 0 Å². The highest BCUT2D eigenvalue weighted by Crippen LogP contribution is 2.20. The van der Waals surface area contributed by atoms with Gasteiger partial charge in [0.15, 0.2) is 0 Å². The van der Waals surface area contributed by atoms with Crippen LogP contribution in [0.5, 0.6) is 0 Å². The molecular weight excluding hydrogens is 152 g/mol. The third-order valence-electron chi connectivity index (χ3n) is 2.19. The lowest BCUT2D eigenvalue weighted by Gasteiger charge is -2.16. The third-order valence-corrected chi connectivity index (χ3v) is 2.80. The monoisotopic (exact) mass is 172 g/mol. The lowest BCUT2D eigenvalue weighted by molar-refractivity contribution is 0.386. The Bertz CT molecular complexity index is 141. The highest BCUT2D eigenvalue weighted by Gasteiger charge is 2.11. The van der Waals surface area contributed by atoms with Crippen molar-refractivity contribution < 1.29 is 0 Å². The molecule has 0 fully saturated rings. The third kappa shape index (κ3) is 4.44. The van der Waals surface area contributed by atoms with Gasteiger partial charge in [-0.05, 0) is 12.3 Å². The second-order valence-corrected chi connectivity index (χ2v) is 3.71. The van der Waals surface area contributed by atoms with Crippen LogP contribution in [0.3, 0.4) is 0 Å². The average Bonchev–Trinajstić information content (AvgIpc) is 2.00. The smallest absolute Gasteiger partial charge is 0.0224 e. The molecule has 2 unspecified atom stereocenters. The van der Waals surface area contributed by atoms with E-state index in [4.69, 9.17) is 0 Å². The molecular formula is C10H20S. The molecule has 2 atom stereocenters. The van der Waals surface area contributed by atoms with Crippen molar-refractivity contribution in [3.8, 4) is 5.18 Å². The van der Waals surface area contributed by atoms with E-state index in [-0.39, 0.29) is 0 Å². The largest absolute Gasteiger partial charge is 0.138 e. The minimum atomic E-state index is 0.662. The first-order chi connectivity index (χ1) is 5.26. The topological polar surface area (TPSA) is 0 Å². The van der Waals surface area contributed by atoms with Crippen LogP contribution in [0, 0.1) is 17.0 Å². The van der Waals surface area contributed by atoms with E-state index in [1.54, 1.807) is 11.2 Å². The maximum atomic E-state index is 3.40. The predicted molar refractivity (Wildman–Crippen MR) is 55.3 cm³/mol. The van der Waals surface area contributed by atoms with Crippen molar-refractivity contribution in [3.05, 3.63) is 0 Å². The van der Waals surface area contributed by atoms with Gasteiger partial charge < -0.3 is 0 Å². The van der Waals surface area contributed by atoms with Crippen molar-refractivity contribution >= 4 is 11.2 Å². The van der Waals surface area contributed by atoms with Crippen LogP contribution >= 0.6 is 11.2 Å². The van der Waals surface area contributed by atoms with Gasteiger partial charge in [0.2, 0.25) is 0 Å². The first kappa shape index (κ1) is 11.0. The fraction of sp³-hybridized carbons (Fsp3) is 0.900. The standard InChI is InChI=1S/C10H20S/c1-5-7-10(6-2)9(3)8-11-4/h9-10H,5-7H2,1-4H3. The summed E-state index contributed by atoms with van der Waals surface area (Å²) >= 11 is 1.73. The van der Waals surface area contributed by atoms with Gasteiger partial charge in [0, 0.05) is 12.2 Å². The fourth-order valence-corrected chi connectivity index (χ4v) is 2.02. The van der Waals surface area contributed by atoms with Crippen molar-refractivity contribution in [2.24, 2.45) is 11.8 Å². The summed E-state index contributed by atoms with van der Waals surface area (Å²) in [5.41, 5.74) is 0. The molecule has 0 amide bonds. The lowest BCUT2D eigenvalue weighted by Crippen LogP contribution is -2.07. The maximum absolute atomic E-state index is 3.40. The van der Waals surface area contributed by atoms with Crippen molar-refractivity contribution in [2.75, 3.05) is 6.26 Å². The van der Waals surface area contributed by atoms with Crippen LogP contribution in [0.15, 0.2) is 0 Å². The molecule has 0 rings (SSSR count). The molecule has 0 aromatic heterocycles. The number of hydrogen-bond acceptors (Lipinski definition) is 0. The van der Waals surface area contributed by atoms with Gasteiger partial charge in [-0.3, -0.25) is 0 Å². The molecule has 0 nitrogen and oxygen atoms in total. The number of hydrogen-bond donors (Lipinski definition) is 0. The van der Waals surface area contributed by atoms with E-state index in [9.17, 15) is 0 Å². The summed E-state index contributed by atoms with van der Waals surface area (Å²) in [5, 5.41) is 3.40. The van der Waals surface area contributed by atoms with Crippen LogP contribution in [0.25, 0.3) is 0 Å². The van der Waals surface area contributed by atoms with E-state index in [1.165, 1.54) is 19.3 Å². The van der Waals surface area contributed by atoms with Crippen molar-refractivity contribution in [1.29, 1.82) is 0 Å². The molecule has 0 spiro atoms. The van der Waals surface area contributed by atoms with Gasteiger partial charge in [-0.1, -0.05) is 38.8 Å². The Labute approximate surface area is 75.0 Å². The van der Waals surface area contributed by atoms with Crippen LogP contribution in [-0.4, -0.2) is 6.26 Å². The van der Waals surface area contributed by atoms with Crippen LogP contribution in [0.2, 0.25) is 0 Å². The zero-order valence-electron chi connectivity index (χ0n) is 8.18. The molecule has 0 aromatic carbocycles. The van der Waals surface area contributed by atoms with Gasteiger partial charge in [0.1, 0.15) is 0 Å². The fourth-order valence-electron chi connectivity index (χ4n) is 1.46. The Hall–Kier alpha value is 0. The van der Waals surface area contributed by atoms with Crippen LogP contribution in [-0.2, 0) is 0 Å². The Morgan fingerprint density at radius 2 is 2.00 bits per heavy atom. The summed E-state index contributed by atoms with van der Waals surface area (Å²) < 4.78 is 0. The second kappa shape index (κ2) is 6.69. The second-order valence-electron chi connectivity index (χ2n) is 3.07. The zero-order chi connectivity index (χ0) is 8.69. The Kier molecular flexibility index (Phi) is 6.69. The normalized spacial score (nSPS) is 15.3. The highest BCUT2D eigenvalue weighted by atomic mass is 32.1. The van der Waals surface area contributed by atoms with Gasteiger partial charge in [-0.2, -0.15) is 0 Å². The van der Waals surface area contributed by atoms with Gasteiger partial charge in [0.25, 0.3) is 0 Å². The number of rotatable bonds is 4. The summed E-state index contributed by atoms with van der Waals surface area (Å²) in [7, 11) is 0. The molecule has 11 heavy (non-hydrogen) atoms. The van der Waals surface area contributed by atoms with Gasteiger partial charge in [0.05, 0.1) is 0 Å². The molecule has 0 radical (unpaired) electrons. The molecule has 0 aliphatic rings. The molecule has 0 aromatic rings. The SMILES string of the molecule is CCCC(CC)C(C)C#SC. The molecule has 0 aliphatic carbocycles. The molecule has 1 heteroatoms. The summed E-state index contributed by atoms with van der Waals surface area (Å²) in [5.74, 6) is 1.52. The average molecular weight is 172 g/mol. The summed E-state index contributed by atoms with van der Waals surface area (Å²) in [6.07, 6.45) is 6.04. The molecule has 0 aliphatic heterocycles. The quantitative estimate of drug-likeness (QED) is 0.605. The molecule has 0 saturated carbocycles. The lowest BCUT2D eigenvalue weighted by atomic mass is 9.89. The van der Waals surface area contributed by atoms with Crippen molar-refractivity contribution in [2.45, 2.75) is 40.0 Å². The summed E-state index contributed by atoms with van der Waals surface area (Å²) in [4.78, 5) is 0. The zero-order valence-corrected chi connectivity index (χ0v) is 9.00. The molecule has 0 N–H and O–H groups in total. The predicted octanol–water partition coefficient (Wildman–Crippen LogP) is 3.77. The van der Waals surface area contributed by atoms with E-state index < -0.39 is 0 Å². The first-order valence-corrected chi connectivity index (χ1v) is 5.77.